The summed E-state index contributed by atoms with van der Waals surface area (Å²) in [4.78, 5) is 260. The van der Waals surface area contributed by atoms with E-state index in [1.165, 1.54) is 36.2 Å². The van der Waals surface area contributed by atoms with Crippen molar-refractivity contribution in [1.29, 1.82) is 0 Å². The molecule has 0 aromatic carbocycles. The van der Waals surface area contributed by atoms with Crippen LogP contribution in [0.15, 0.2) is 22.5 Å². The van der Waals surface area contributed by atoms with Gasteiger partial charge in [-0.3, -0.25) is 91.5 Å². The zero-order valence-electron chi connectivity index (χ0n) is 66.7. The van der Waals surface area contributed by atoms with Crippen molar-refractivity contribution in [1.82, 2.24) is 83.6 Å². The van der Waals surface area contributed by atoms with Crippen molar-refractivity contribution in [2.75, 3.05) is 39.3 Å². The molecule has 0 radical (unpaired) electrons. The van der Waals surface area contributed by atoms with Crippen molar-refractivity contribution < 1.29 is 112 Å². The zero-order valence-corrected chi connectivity index (χ0v) is 66.7. The van der Waals surface area contributed by atoms with Crippen molar-refractivity contribution in [2.24, 2.45) is 62.1 Å². The lowest BCUT2D eigenvalue weighted by Gasteiger charge is -2.34. The van der Waals surface area contributed by atoms with E-state index in [4.69, 9.17) is 34.4 Å². The molecule has 117 heavy (non-hydrogen) atoms. The highest BCUT2D eigenvalue weighted by atomic mass is 16.4. The second-order valence-electron chi connectivity index (χ2n) is 29.5. The van der Waals surface area contributed by atoms with Crippen molar-refractivity contribution >= 4 is 118 Å². The minimum absolute atomic E-state index is 0.00431. The standard InChI is InChI=1S/C70H116N24O23/c1-32(2)25-44(89-56(104)38(13-9-21-78-69(73)74)84-57(105)40(18-20-50(99)100)83-49(98)29-80-64(112)54(36(8)96)92-60(108)42(26-37-28-77-31-81-37)87-63(111)52(72)33(3)4)66(114)94-24-12-16-47(94)67(115)93-23-11-15-46(93)62(110)85-39(14-10-22-79-70(75)76)58(106)91-53(34(5)6)65(113)88-43(27-51(101)102)59(107)90-45(30-95)61(109)82-35(7)55(103)86-41(68(116)117)17-19-48(71)97/h28,31-36,38-47,52-54,95-96H,9-27,29-30,72H2,1-8H3,(H2,71,97)(H,77,81)(H,80,112)(H,82,109)(H,83,98)(H,84,105)(H,85,110)(H,86,103)(H,87,111)(H,88,113)(H,89,104)(H,90,107)(H,91,106)(H,92,108)(H,99,100)(H,101,102)(H,116,117)(H4,73,74,78)(H4,75,76,79)/t35-,36+,38-,39-,40-,41-,42-,43-,44-,45-,46-,47-,52-,53-,54-/m0/s1. The number of primary amides is 1. The van der Waals surface area contributed by atoms with Crippen LogP contribution in [0.25, 0.3) is 0 Å². The van der Waals surface area contributed by atoms with Gasteiger partial charge in [-0.05, 0) is 102 Å². The highest BCUT2D eigenvalue weighted by Crippen LogP contribution is 2.27. The summed E-state index contributed by atoms with van der Waals surface area (Å²) in [6.45, 7) is 9.74. The van der Waals surface area contributed by atoms with Crippen LogP contribution >= 0.6 is 0 Å². The van der Waals surface area contributed by atoms with Crippen LogP contribution in [0.3, 0.4) is 0 Å². The zero-order chi connectivity index (χ0) is 88.2. The van der Waals surface area contributed by atoms with Gasteiger partial charge in [0, 0.05) is 57.3 Å². The molecule has 1 aromatic rings. The molecule has 654 valence electrons. The number of aliphatic hydroxyl groups is 2. The molecule has 3 rings (SSSR count). The van der Waals surface area contributed by atoms with E-state index in [0.717, 1.165) is 13.8 Å². The van der Waals surface area contributed by atoms with Crippen LogP contribution in [-0.2, 0) is 92.7 Å². The minimum Gasteiger partial charge on any atom is -0.481 e. The number of nitrogens with zero attached hydrogens (tertiary/aromatic N) is 5. The maximum absolute atomic E-state index is 15.0. The Morgan fingerprint density at radius 3 is 1.54 bits per heavy atom. The van der Waals surface area contributed by atoms with Gasteiger partial charge in [0.2, 0.25) is 88.6 Å². The van der Waals surface area contributed by atoms with Crippen molar-refractivity contribution in [2.45, 2.75) is 242 Å². The summed E-state index contributed by atoms with van der Waals surface area (Å²) in [5.41, 5.74) is 33.7. The van der Waals surface area contributed by atoms with Crippen molar-refractivity contribution in [3.63, 3.8) is 0 Å². The number of aliphatic hydroxyl groups excluding tert-OH is 2. The fourth-order valence-corrected chi connectivity index (χ4v) is 12.3. The lowest BCUT2D eigenvalue weighted by Crippen LogP contribution is -2.61. The number of hydrogen-bond donors (Lipinski definition) is 24. The predicted molar refractivity (Wildman–Crippen MR) is 413 cm³/mol. The third-order valence-corrected chi connectivity index (χ3v) is 18.7. The summed E-state index contributed by atoms with van der Waals surface area (Å²) >= 11 is 0. The topological polar surface area (TPSA) is 769 Å². The molecule has 2 saturated heterocycles. The quantitative estimate of drug-likeness (QED) is 0.0164. The number of guanidine groups is 2. The number of hydrogen-bond acceptors (Lipinski definition) is 24. The van der Waals surface area contributed by atoms with Crippen LogP contribution in [0, 0.1) is 17.8 Å². The summed E-state index contributed by atoms with van der Waals surface area (Å²) in [6, 6.07) is -21.5. The largest absolute Gasteiger partial charge is 0.481 e. The number of nitrogens with one attached hydrogen (secondary N) is 13. The third-order valence-electron chi connectivity index (χ3n) is 18.7. The Balaban J connectivity index is 1.87. The van der Waals surface area contributed by atoms with E-state index in [0.29, 0.717) is 5.69 Å². The number of likely N-dealkylation sites (tertiary alicyclic amines) is 2. The molecule has 3 heterocycles. The number of carboxylic acids is 3. The molecule has 2 aliphatic rings. The van der Waals surface area contributed by atoms with Crippen molar-refractivity contribution in [3.8, 4) is 0 Å². The summed E-state index contributed by atoms with van der Waals surface area (Å²) in [5, 5.41) is 78.2. The van der Waals surface area contributed by atoms with Crippen LogP contribution in [0.2, 0.25) is 0 Å². The molecule has 0 bridgehead atoms. The number of aromatic amines is 1. The molecule has 2 aliphatic heterocycles. The van der Waals surface area contributed by atoms with E-state index >= 15 is 0 Å². The van der Waals surface area contributed by atoms with Gasteiger partial charge in [0.25, 0.3) is 0 Å². The Hall–Kier alpha value is -11.9. The second-order valence-corrected chi connectivity index (χ2v) is 29.5. The number of aliphatic carboxylic acids is 3. The first-order chi connectivity index (χ1) is 54.9. The molecule has 0 spiro atoms. The number of rotatable bonds is 51. The average Bonchev–Trinajstić information content (AvgIpc) is 1.67. The molecule has 30 N–H and O–H groups in total. The highest BCUT2D eigenvalue weighted by Gasteiger charge is 2.46. The fourth-order valence-electron chi connectivity index (χ4n) is 12.3. The summed E-state index contributed by atoms with van der Waals surface area (Å²) in [6.07, 6.45) is -2.14. The maximum Gasteiger partial charge on any atom is 0.326 e. The second kappa shape index (κ2) is 49.1. The first-order valence-electron chi connectivity index (χ1n) is 38.2. The molecule has 0 aliphatic carbocycles. The van der Waals surface area contributed by atoms with Gasteiger partial charge < -0.3 is 139 Å². The number of nitrogens with two attached hydrogens (primary N) is 6. The number of aliphatic imine (C=N–C) groups is 2. The van der Waals surface area contributed by atoms with Gasteiger partial charge in [-0.15, -0.1) is 0 Å². The smallest absolute Gasteiger partial charge is 0.326 e. The predicted octanol–water partition coefficient (Wildman–Crippen LogP) is -9.74. The lowest BCUT2D eigenvalue weighted by atomic mass is 10.0. The molecule has 2 fully saturated rings. The summed E-state index contributed by atoms with van der Waals surface area (Å²) in [5.74, 6) is -21.6. The Morgan fingerprint density at radius 1 is 0.521 bits per heavy atom. The van der Waals surface area contributed by atoms with Crippen LogP contribution in [-0.4, -0.2) is 294 Å². The van der Waals surface area contributed by atoms with E-state index < -0.39 is 248 Å². The Kier molecular flexibility index (Phi) is 41.7. The minimum atomic E-state index is -2.01. The molecule has 47 heteroatoms. The normalized spacial score (nSPS) is 17.1. The van der Waals surface area contributed by atoms with Gasteiger partial charge in [0.05, 0.1) is 38.0 Å². The van der Waals surface area contributed by atoms with Gasteiger partial charge >= 0.3 is 17.9 Å². The van der Waals surface area contributed by atoms with Gasteiger partial charge in [-0.2, -0.15) is 0 Å². The number of imidazole rings is 1. The first kappa shape index (κ1) is 99.3. The molecular formula is C70H116N24O23. The molecular weight excluding hydrogens is 1540 g/mol. The van der Waals surface area contributed by atoms with E-state index in [1.54, 1.807) is 27.7 Å². The highest BCUT2D eigenvalue weighted by molar-refractivity contribution is 6.01. The summed E-state index contributed by atoms with van der Waals surface area (Å²) in [7, 11) is 0. The van der Waals surface area contributed by atoms with Gasteiger partial charge in [-0.1, -0.05) is 41.5 Å². The van der Waals surface area contributed by atoms with Gasteiger partial charge in [0.1, 0.15) is 78.5 Å². The van der Waals surface area contributed by atoms with E-state index in [9.17, 15) is 112 Å². The number of aromatic nitrogens is 2. The number of carbonyl (C=O) groups excluding carboxylic acids is 15. The molecule has 0 unspecified atom stereocenters. The number of carbonyl (C=O) groups is 18. The van der Waals surface area contributed by atoms with E-state index in [-0.39, 0.29) is 114 Å². The Bertz CT molecular complexity index is 3700. The number of amides is 15. The van der Waals surface area contributed by atoms with Crippen LogP contribution in [0.1, 0.15) is 151 Å². The Morgan fingerprint density at radius 2 is 1.02 bits per heavy atom. The van der Waals surface area contributed by atoms with E-state index in [2.05, 4.69) is 83.8 Å². The third kappa shape index (κ3) is 34.2. The lowest BCUT2D eigenvalue weighted by molar-refractivity contribution is -0.148. The molecule has 15 atom stereocenters. The molecule has 47 nitrogen and oxygen atoms in total. The SMILES string of the molecule is CC(C)C[C@H](NC(=O)[C@H](CCCN=C(N)N)NC(=O)[C@H](CCC(=O)O)NC(=O)CNC(=O)[C@@H](NC(=O)[C@H](Cc1cnc[nH]1)NC(=O)[C@@H](N)C(C)C)[C@@H](C)O)C(=O)N1CCC[C@H]1C(=O)N1CCC[C@H]1C(=O)N[C@@H](CCCN=C(N)N)C(=O)N[C@H](C(=O)N[C@@H](CC(=O)O)C(=O)N[C@@H](CO)C(=O)N[C@@H](C)C(=O)N[C@@H](CCC(N)=O)C(=O)O)C(C)C. The summed E-state index contributed by atoms with van der Waals surface area (Å²) < 4.78 is 0. The fraction of sp³-hybridized carbons (Fsp3) is 0.671. The van der Waals surface area contributed by atoms with E-state index in [1.807, 2.05) is 0 Å². The monoisotopic (exact) mass is 1660 g/mol. The van der Waals surface area contributed by atoms with Gasteiger partial charge in [0.15, 0.2) is 11.9 Å². The number of carboxylic acid groups (broad SMARTS) is 3. The van der Waals surface area contributed by atoms with Crippen LogP contribution < -0.4 is 98.2 Å². The molecule has 0 saturated carbocycles. The molecule has 15 amide bonds. The van der Waals surface area contributed by atoms with Gasteiger partial charge in [-0.25, -0.2) is 9.78 Å². The van der Waals surface area contributed by atoms with Crippen LogP contribution in [0.5, 0.6) is 0 Å². The van der Waals surface area contributed by atoms with Crippen molar-refractivity contribution in [3.05, 3.63) is 18.2 Å². The molecule has 1 aromatic heterocycles. The van der Waals surface area contributed by atoms with Crippen LogP contribution in [0.4, 0.5) is 0 Å². The first-order valence-corrected chi connectivity index (χ1v) is 38.2. The maximum atomic E-state index is 15.0. The Labute approximate surface area is 673 Å². The average molecular weight is 1660 g/mol. The number of H-pyrrole nitrogens is 1.